The lowest BCUT2D eigenvalue weighted by atomic mass is 9.75. The number of aryl methyl sites for hydroxylation is 1. The highest BCUT2D eigenvalue weighted by Crippen LogP contribution is 2.67. The van der Waals surface area contributed by atoms with Crippen LogP contribution in [0, 0.1) is 28.1 Å². The number of alkyl halides is 3. The van der Waals surface area contributed by atoms with Crippen LogP contribution in [-0.4, -0.2) is 65.9 Å². The number of amides is 1. The van der Waals surface area contributed by atoms with E-state index in [1.807, 2.05) is 0 Å². The van der Waals surface area contributed by atoms with Crippen LogP contribution < -0.4 is 5.73 Å². The molecule has 1 aromatic carbocycles. The first-order valence-corrected chi connectivity index (χ1v) is 14.8. The molecule has 5 atom stereocenters. The highest BCUT2D eigenvalue weighted by molar-refractivity contribution is 7.92. The predicted octanol–water partition coefficient (Wildman–Crippen LogP) is 2.69. The Kier molecular flexibility index (Phi) is 7.39. The summed E-state index contributed by atoms with van der Waals surface area (Å²) in [5, 5.41) is 22.6. The van der Waals surface area contributed by atoms with Crippen LogP contribution in [0.25, 0.3) is 11.1 Å². The normalized spacial score (nSPS) is 30.1. The van der Waals surface area contributed by atoms with Crippen LogP contribution in [-0.2, 0) is 42.1 Å². The summed E-state index contributed by atoms with van der Waals surface area (Å²) in [6, 6.07) is 4.64. The topological polar surface area (TPSA) is 175 Å². The lowest BCUT2D eigenvalue weighted by Crippen LogP contribution is -2.46. The molecule has 2 unspecified atom stereocenters. The molecule has 42 heavy (non-hydrogen) atoms. The summed E-state index contributed by atoms with van der Waals surface area (Å²) in [5.74, 6) is -3.72. The fraction of sp³-hybridized carbons (Fsp3) is 0.556. The van der Waals surface area contributed by atoms with Crippen molar-refractivity contribution in [2.24, 2.45) is 29.5 Å². The molecule has 3 aliphatic rings. The van der Waals surface area contributed by atoms with Gasteiger partial charge in [-0.2, -0.15) is 23.5 Å². The van der Waals surface area contributed by atoms with Crippen LogP contribution in [0.4, 0.5) is 13.2 Å². The zero-order valence-corrected chi connectivity index (χ0v) is 23.3. The Morgan fingerprint density at radius 2 is 1.93 bits per heavy atom. The second-order valence-electron chi connectivity index (χ2n) is 11.2. The largest absolute Gasteiger partial charge is 0.481 e. The SMILES string of the molecule is Cn1cc(-c2ccc(S(=O)(=O)[C@H]3C[C@@H](OC4CCOCC4)[C@](C(=O)O)(C4CC4(C#N)C(N)=O)C3)c(C(F)(F)F)c2)cn1. The first-order chi connectivity index (χ1) is 19.7. The number of carboxylic acids is 1. The van der Waals surface area contributed by atoms with Crippen LogP contribution >= 0.6 is 0 Å². The molecule has 226 valence electrons. The van der Waals surface area contributed by atoms with Gasteiger partial charge in [0.15, 0.2) is 9.84 Å². The second-order valence-corrected chi connectivity index (χ2v) is 13.4. The lowest BCUT2D eigenvalue weighted by Gasteiger charge is -2.35. The Labute approximate surface area is 239 Å². The molecule has 5 rings (SSSR count). The van der Waals surface area contributed by atoms with E-state index in [-0.39, 0.29) is 12.0 Å². The average Bonchev–Trinajstić information content (AvgIpc) is 3.34. The molecule has 0 spiro atoms. The predicted molar refractivity (Wildman–Crippen MR) is 138 cm³/mol. The third-order valence-corrected chi connectivity index (χ3v) is 11.0. The van der Waals surface area contributed by atoms with E-state index < -0.39 is 85.4 Å². The minimum atomic E-state index is -5.06. The van der Waals surface area contributed by atoms with Gasteiger partial charge < -0.3 is 20.3 Å². The number of aromatic nitrogens is 2. The number of hydrogen-bond acceptors (Lipinski definition) is 8. The third kappa shape index (κ3) is 4.84. The number of ether oxygens (including phenoxy) is 2. The van der Waals surface area contributed by atoms with E-state index >= 15 is 0 Å². The van der Waals surface area contributed by atoms with Crippen molar-refractivity contribution in [2.45, 2.75) is 60.6 Å². The number of carbonyl (C=O) groups excluding carboxylic acids is 1. The van der Waals surface area contributed by atoms with Crippen molar-refractivity contribution in [3.8, 4) is 17.2 Å². The quantitative estimate of drug-likeness (QED) is 0.455. The molecule has 1 saturated heterocycles. The molecule has 0 radical (unpaired) electrons. The number of nitrogens with zero attached hydrogens (tertiary/aromatic N) is 3. The van der Waals surface area contributed by atoms with Gasteiger partial charge in [0.1, 0.15) is 10.8 Å². The molecule has 2 saturated carbocycles. The van der Waals surface area contributed by atoms with Gasteiger partial charge >= 0.3 is 12.1 Å². The highest BCUT2D eigenvalue weighted by Gasteiger charge is 2.75. The molecular weight excluding hydrogens is 581 g/mol. The summed E-state index contributed by atoms with van der Waals surface area (Å²) in [6.07, 6.45) is -4.57. The van der Waals surface area contributed by atoms with E-state index in [0.717, 1.165) is 12.1 Å². The number of benzene rings is 1. The average molecular weight is 611 g/mol. The number of nitrogens with two attached hydrogens (primary N) is 1. The Hall–Kier alpha value is -3.48. The van der Waals surface area contributed by atoms with Crippen molar-refractivity contribution < 1.29 is 45.8 Å². The number of primary amides is 1. The summed E-state index contributed by atoms with van der Waals surface area (Å²) in [6.45, 7) is 0.647. The molecule has 1 aliphatic heterocycles. The lowest BCUT2D eigenvalue weighted by molar-refractivity contribution is -0.168. The zero-order chi connectivity index (χ0) is 30.7. The fourth-order valence-electron chi connectivity index (χ4n) is 6.50. The molecule has 15 heteroatoms. The maximum absolute atomic E-state index is 14.3. The number of sulfone groups is 1. The highest BCUT2D eigenvalue weighted by atomic mass is 32.2. The first-order valence-electron chi connectivity index (χ1n) is 13.3. The number of rotatable bonds is 8. The number of halogens is 3. The Morgan fingerprint density at radius 1 is 1.24 bits per heavy atom. The van der Waals surface area contributed by atoms with Crippen molar-refractivity contribution in [3.05, 3.63) is 36.2 Å². The van der Waals surface area contributed by atoms with E-state index in [2.05, 4.69) is 5.10 Å². The van der Waals surface area contributed by atoms with Gasteiger partial charge in [-0.3, -0.25) is 14.3 Å². The minimum absolute atomic E-state index is 0.0969. The van der Waals surface area contributed by atoms with Crippen molar-refractivity contribution in [1.29, 1.82) is 5.26 Å². The van der Waals surface area contributed by atoms with E-state index in [0.29, 0.717) is 31.6 Å². The molecule has 1 amide bonds. The molecule has 2 aromatic rings. The standard InChI is InChI=1S/C27H29F3N4O7S/c1-34-13-16(12-33-34)15-2-3-20(19(8-15)27(28,29)30)42(38,39)18-9-22(41-17-4-6-40-7-5-17)26(10-18,24(36)37)21-11-25(21,14-31)23(32)35/h2-3,8,12-13,17-18,21-22H,4-7,9-11H2,1H3,(H2,32,35)(H,36,37)/t18-,21?,22+,25?,26+/m0/s1. The molecule has 2 heterocycles. The summed E-state index contributed by atoms with van der Waals surface area (Å²) in [5.41, 5.74) is 0.620. The van der Waals surface area contributed by atoms with Gasteiger partial charge in [-0.1, -0.05) is 6.07 Å². The monoisotopic (exact) mass is 610 g/mol. The first kappa shape index (κ1) is 30.0. The van der Waals surface area contributed by atoms with Gasteiger partial charge in [0.2, 0.25) is 5.91 Å². The Bertz CT molecular complexity index is 1560. The number of carbonyl (C=O) groups is 2. The van der Waals surface area contributed by atoms with Crippen molar-refractivity contribution in [3.63, 3.8) is 0 Å². The third-order valence-electron chi connectivity index (χ3n) is 8.83. The van der Waals surface area contributed by atoms with Gasteiger partial charge in [0.05, 0.1) is 40.2 Å². The van der Waals surface area contributed by atoms with Crippen LogP contribution in [0.3, 0.4) is 0 Å². The van der Waals surface area contributed by atoms with Crippen molar-refractivity contribution >= 4 is 21.7 Å². The smallest absolute Gasteiger partial charge is 0.417 e. The molecular formula is C27H29F3N4O7S. The Balaban J connectivity index is 1.58. The minimum Gasteiger partial charge on any atom is -0.481 e. The Morgan fingerprint density at radius 3 is 2.45 bits per heavy atom. The number of carboxylic acid groups (broad SMARTS) is 1. The van der Waals surface area contributed by atoms with Crippen molar-refractivity contribution in [2.75, 3.05) is 13.2 Å². The summed E-state index contributed by atoms with van der Waals surface area (Å²) >= 11 is 0. The van der Waals surface area contributed by atoms with E-state index in [4.69, 9.17) is 15.2 Å². The summed E-state index contributed by atoms with van der Waals surface area (Å²) in [7, 11) is -3.22. The molecule has 1 aromatic heterocycles. The van der Waals surface area contributed by atoms with Gasteiger partial charge in [-0.05, 0) is 49.8 Å². The van der Waals surface area contributed by atoms with Gasteiger partial charge in [0.25, 0.3) is 0 Å². The number of hydrogen-bond donors (Lipinski definition) is 2. The van der Waals surface area contributed by atoms with E-state index in [1.54, 1.807) is 13.1 Å². The zero-order valence-electron chi connectivity index (χ0n) is 22.5. The second kappa shape index (κ2) is 10.4. The van der Waals surface area contributed by atoms with E-state index in [1.165, 1.54) is 23.1 Å². The van der Waals surface area contributed by atoms with Crippen LogP contribution in [0.1, 0.15) is 37.7 Å². The maximum atomic E-state index is 14.3. The maximum Gasteiger partial charge on any atom is 0.417 e. The summed E-state index contributed by atoms with van der Waals surface area (Å²) < 4.78 is 83.7. The number of aliphatic carboxylic acids is 1. The fourth-order valence-corrected chi connectivity index (χ4v) is 8.53. The van der Waals surface area contributed by atoms with Crippen LogP contribution in [0.2, 0.25) is 0 Å². The van der Waals surface area contributed by atoms with E-state index in [9.17, 15) is 41.5 Å². The number of nitriles is 1. The van der Waals surface area contributed by atoms with Gasteiger partial charge in [-0.15, -0.1) is 0 Å². The molecule has 11 nitrogen and oxygen atoms in total. The molecule has 0 bridgehead atoms. The van der Waals surface area contributed by atoms with Gasteiger partial charge in [0, 0.05) is 37.9 Å². The van der Waals surface area contributed by atoms with Crippen LogP contribution in [0.15, 0.2) is 35.5 Å². The molecule has 3 N–H and O–H groups in total. The summed E-state index contributed by atoms with van der Waals surface area (Å²) in [4.78, 5) is 24.2. The van der Waals surface area contributed by atoms with Gasteiger partial charge in [-0.25, -0.2) is 8.42 Å². The molecule has 2 aliphatic carbocycles. The van der Waals surface area contributed by atoms with Crippen LogP contribution in [0.5, 0.6) is 0 Å². The molecule has 3 fully saturated rings. The van der Waals surface area contributed by atoms with Crippen molar-refractivity contribution in [1.82, 2.24) is 9.78 Å².